The van der Waals surface area contributed by atoms with E-state index in [1.54, 1.807) is 11.3 Å². The van der Waals surface area contributed by atoms with Crippen molar-refractivity contribution in [1.29, 1.82) is 0 Å². The third-order valence-electron chi connectivity index (χ3n) is 3.39. The Labute approximate surface area is 124 Å². The Morgan fingerprint density at radius 3 is 2.90 bits per heavy atom. The van der Waals surface area contributed by atoms with Gasteiger partial charge in [0.1, 0.15) is 0 Å². The van der Waals surface area contributed by atoms with Crippen molar-refractivity contribution >= 4 is 17.4 Å². The van der Waals surface area contributed by atoms with Crippen LogP contribution in [0, 0.1) is 6.92 Å². The molecule has 1 atom stereocenters. The minimum atomic E-state index is -0.0986. The molecule has 20 heavy (non-hydrogen) atoms. The molecule has 2 amide bonds. The lowest BCUT2D eigenvalue weighted by molar-refractivity contribution is 0.0349. The number of carbonyl (C=O) groups is 1. The lowest BCUT2D eigenvalue weighted by atomic mass is 10.3. The molecule has 1 aliphatic heterocycles. The van der Waals surface area contributed by atoms with Crippen LogP contribution >= 0.6 is 11.3 Å². The minimum Gasteiger partial charge on any atom is -0.379 e. The van der Waals surface area contributed by atoms with Crippen molar-refractivity contribution in [3.8, 4) is 0 Å². The molecule has 6 heteroatoms. The maximum absolute atomic E-state index is 11.8. The molecule has 1 aliphatic rings. The second-order valence-corrected chi connectivity index (χ2v) is 6.17. The van der Waals surface area contributed by atoms with Crippen molar-refractivity contribution in [2.75, 3.05) is 32.8 Å². The van der Waals surface area contributed by atoms with E-state index in [2.05, 4.69) is 28.5 Å². The normalized spacial score (nSPS) is 17.7. The highest BCUT2D eigenvalue weighted by Crippen LogP contribution is 2.14. The van der Waals surface area contributed by atoms with Crippen LogP contribution in [0.4, 0.5) is 4.79 Å². The molecular formula is C14H23N3O2S. The third kappa shape index (κ3) is 4.77. The first kappa shape index (κ1) is 15.3. The quantitative estimate of drug-likeness (QED) is 0.867. The number of nitrogens with zero attached hydrogens (tertiary/aromatic N) is 1. The second-order valence-electron chi connectivity index (χ2n) is 5.17. The fourth-order valence-corrected chi connectivity index (χ4v) is 3.08. The average molecular weight is 297 g/mol. The number of nitrogens with one attached hydrogen (secondary N) is 2. The van der Waals surface area contributed by atoms with Crippen molar-refractivity contribution in [3.05, 3.63) is 21.9 Å². The molecule has 1 fully saturated rings. The van der Waals surface area contributed by atoms with Crippen LogP contribution in [0.15, 0.2) is 11.4 Å². The molecule has 2 rings (SSSR count). The number of rotatable bonds is 5. The topological polar surface area (TPSA) is 53.6 Å². The van der Waals surface area contributed by atoms with Crippen LogP contribution in [0.3, 0.4) is 0 Å². The van der Waals surface area contributed by atoms with Crippen LogP contribution in [0.5, 0.6) is 0 Å². The third-order valence-corrected chi connectivity index (χ3v) is 4.41. The fourth-order valence-electron chi connectivity index (χ4n) is 2.24. The van der Waals surface area contributed by atoms with Gasteiger partial charge in [-0.1, -0.05) is 0 Å². The number of urea groups is 1. The van der Waals surface area contributed by atoms with E-state index in [1.165, 1.54) is 10.4 Å². The molecule has 0 bridgehead atoms. The van der Waals surface area contributed by atoms with Gasteiger partial charge in [0.15, 0.2) is 0 Å². The van der Waals surface area contributed by atoms with Gasteiger partial charge in [0, 0.05) is 30.6 Å². The summed E-state index contributed by atoms with van der Waals surface area (Å²) in [7, 11) is 0. The molecule has 112 valence electrons. The molecule has 5 nitrogen and oxygen atoms in total. The number of ether oxygens (including phenoxy) is 1. The zero-order chi connectivity index (χ0) is 14.4. The van der Waals surface area contributed by atoms with Gasteiger partial charge in [0.05, 0.1) is 19.8 Å². The number of morpholine rings is 1. The van der Waals surface area contributed by atoms with Crippen molar-refractivity contribution in [1.82, 2.24) is 15.5 Å². The zero-order valence-electron chi connectivity index (χ0n) is 12.1. The number of thiophene rings is 1. The summed E-state index contributed by atoms with van der Waals surface area (Å²) >= 11 is 1.67. The standard InChI is InChI=1S/C14H23N3O2S/c1-11-3-8-20-13(11)9-15-14(18)16-12(2)10-17-4-6-19-7-5-17/h3,8,12H,4-7,9-10H2,1-2H3,(H2,15,16,18). The Morgan fingerprint density at radius 2 is 2.25 bits per heavy atom. The first-order valence-electron chi connectivity index (χ1n) is 7.02. The van der Waals surface area contributed by atoms with E-state index in [0.29, 0.717) is 6.54 Å². The van der Waals surface area contributed by atoms with Gasteiger partial charge in [-0.25, -0.2) is 4.79 Å². The summed E-state index contributed by atoms with van der Waals surface area (Å²) in [5.41, 5.74) is 1.23. The van der Waals surface area contributed by atoms with E-state index < -0.39 is 0 Å². The van der Waals surface area contributed by atoms with E-state index in [-0.39, 0.29) is 12.1 Å². The summed E-state index contributed by atoms with van der Waals surface area (Å²) in [5.74, 6) is 0. The number of hydrogen-bond acceptors (Lipinski definition) is 4. The van der Waals surface area contributed by atoms with Crippen LogP contribution in [-0.4, -0.2) is 49.8 Å². The summed E-state index contributed by atoms with van der Waals surface area (Å²) in [5, 5.41) is 7.94. The van der Waals surface area contributed by atoms with Gasteiger partial charge < -0.3 is 15.4 Å². The molecule has 1 unspecified atom stereocenters. The Morgan fingerprint density at radius 1 is 1.50 bits per heavy atom. The lowest BCUT2D eigenvalue weighted by Gasteiger charge is -2.29. The number of amides is 2. The summed E-state index contributed by atoms with van der Waals surface area (Å²) in [6, 6.07) is 2.11. The van der Waals surface area contributed by atoms with Crippen molar-refractivity contribution < 1.29 is 9.53 Å². The molecule has 1 aromatic rings. The summed E-state index contributed by atoms with van der Waals surface area (Å²) < 4.78 is 5.31. The molecule has 2 N–H and O–H groups in total. The summed E-state index contributed by atoms with van der Waals surface area (Å²) in [6.07, 6.45) is 0. The highest BCUT2D eigenvalue weighted by atomic mass is 32.1. The van der Waals surface area contributed by atoms with E-state index >= 15 is 0 Å². The predicted octanol–water partition coefficient (Wildman–Crippen LogP) is 1.58. The molecular weight excluding hydrogens is 274 g/mol. The second kappa shape index (κ2) is 7.61. The summed E-state index contributed by atoms with van der Waals surface area (Å²) in [4.78, 5) is 15.4. The van der Waals surface area contributed by atoms with Crippen LogP contribution in [0.25, 0.3) is 0 Å². The highest BCUT2D eigenvalue weighted by molar-refractivity contribution is 7.10. The molecule has 0 radical (unpaired) electrons. The fraction of sp³-hybridized carbons (Fsp3) is 0.643. The molecule has 0 saturated carbocycles. The first-order valence-corrected chi connectivity index (χ1v) is 7.90. The van der Waals surface area contributed by atoms with Gasteiger partial charge >= 0.3 is 6.03 Å². The Balaban J connectivity index is 1.66. The molecule has 0 spiro atoms. The molecule has 0 aliphatic carbocycles. The number of carbonyl (C=O) groups excluding carboxylic acids is 1. The Bertz CT molecular complexity index is 430. The van der Waals surface area contributed by atoms with Crippen molar-refractivity contribution in [2.45, 2.75) is 26.4 Å². The number of hydrogen-bond donors (Lipinski definition) is 2. The SMILES string of the molecule is Cc1ccsc1CNC(=O)NC(C)CN1CCOCC1. The van der Waals surface area contributed by atoms with Gasteiger partial charge in [-0.3, -0.25) is 4.90 Å². The number of aryl methyl sites for hydroxylation is 1. The van der Waals surface area contributed by atoms with E-state index in [1.807, 2.05) is 12.3 Å². The van der Waals surface area contributed by atoms with Crippen LogP contribution in [0.2, 0.25) is 0 Å². The highest BCUT2D eigenvalue weighted by Gasteiger charge is 2.15. The van der Waals surface area contributed by atoms with Gasteiger partial charge in [-0.2, -0.15) is 0 Å². The predicted molar refractivity (Wildman–Crippen MR) is 81.1 cm³/mol. The van der Waals surface area contributed by atoms with Gasteiger partial charge in [-0.05, 0) is 30.9 Å². The van der Waals surface area contributed by atoms with E-state index in [0.717, 1.165) is 32.8 Å². The maximum Gasteiger partial charge on any atom is 0.315 e. The van der Waals surface area contributed by atoms with Crippen LogP contribution < -0.4 is 10.6 Å². The molecule has 2 heterocycles. The van der Waals surface area contributed by atoms with Crippen LogP contribution in [-0.2, 0) is 11.3 Å². The van der Waals surface area contributed by atoms with Crippen molar-refractivity contribution in [3.63, 3.8) is 0 Å². The van der Waals surface area contributed by atoms with Gasteiger partial charge in [-0.15, -0.1) is 11.3 Å². The monoisotopic (exact) mass is 297 g/mol. The lowest BCUT2D eigenvalue weighted by Crippen LogP contribution is -2.48. The van der Waals surface area contributed by atoms with Crippen LogP contribution in [0.1, 0.15) is 17.4 Å². The summed E-state index contributed by atoms with van der Waals surface area (Å²) in [6.45, 7) is 9.03. The minimum absolute atomic E-state index is 0.0986. The molecule has 0 aromatic carbocycles. The largest absolute Gasteiger partial charge is 0.379 e. The molecule has 1 saturated heterocycles. The van der Waals surface area contributed by atoms with E-state index in [4.69, 9.17) is 4.74 Å². The Hall–Kier alpha value is -1.11. The molecule has 1 aromatic heterocycles. The van der Waals surface area contributed by atoms with Crippen molar-refractivity contribution in [2.24, 2.45) is 0 Å². The zero-order valence-corrected chi connectivity index (χ0v) is 13.0. The van der Waals surface area contributed by atoms with Gasteiger partial charge in [0.25, 0.3) is 0 Å². The van der Waals surface area contributed by atoms with E-state index in [9.17, 15) is 4.79 Å². The first-order chi connectivity index (χ1) is 9.65. The Kier molecular flexibility index (Phi) is 5.82. The smallest absolute Gasteiger partial charge is 0.315 e. The van der Waals surface area contributed by atoms with Gasteiger partial charge in [0.2, 0.25) is 0 Å². The maximum atomic E-state index is 11.8. The average Bonchev–Trinajstić information content (AvgIpc) is 2.83.